The molecule has 0 N–H and O–H groups in total. The highest BCUT2D eigenvalue weighted by atomic mass is 35.5. The van der Waals surface area contributed by atoms with Crippen LogP contribution in [0, 0.1) is 0 Å². The van der Waals surface area contributed by atoms with E-state index in [1.54, 1.807) is 0 Å². The number of benzene rings is 2. The second-order valence-electron chi connectivity index (χ2n) is 3.83. The van der Waals surface area contributed by atoms with E-state index >= 15 is 0 Å². The van der Waals surface area contributed by atoms with Crippen LogP contribution in [-0.2, 0) is 6.18 Å². The van der Waals surface area contributed by atoms with Crippen LogP contribution in [0.25, 0.3) is 0 Å². The van der Waals surface area contributed by atoms with Crippen molar-refractivity contribution >= 4 is 23.5 Å². The molecule has 2 rings (SSSR count). The third kappa shape index (κ3) is 3.58. The number of halogens is 4. The molecule has 2 aromatic rings. The average Bonchev–Trinajstić information content (AvgIpc) is 2.37. The Morgan fingerprint density at radius 1 is 1.00 bits per heavy atom. The number of rotatable bonds is 2. The highest BCUT2D eigenvalue weighted by Gasteiger charge is 2.33. The average molecular weight is 284 g/mol. The van der Waals surface area contributed by atoms with E-state index in [4.69, 9.17) is 11.6 Å². The van der Waals surface area contributed by atoms with Gasteiger partial charge < -0.3 is 0 Å². The molecular formula is C14H9ClF3N. The zero-order valence-corrected chi connectivity index (χ0v) is 10.4. The Morgan fingerprint density at radius 2 is 1.68 bits per heavy atom. The van der Waals surface area contributed by atoms with Gasteiger partial charge >= 0.3 is 6.18 Å². The maximum Gasteiger partial charge on any atom is 0.417 e. The van der Waals surface area contributed by atoms with Crippen LogP contribution in [0.15, 0.2) is 53.5 Å². The predicted octanol–water partition coefficient (Wildman–Crippen LogP) is 5.11. The van der Waals surface area contributed by atoms with Gasteiger partial charge in [-0.3, -0.25) is 4.99 Å². The molecule has 0 aromatic heterocycles. The summed E-state index contributed by atoms with van der Waals surface area (Å²) in [5.41, 5.74) is 0.142. The molecule has 0 fully saturated rings. The van der Waals surface area contributed by atoms with Crippen molar-refractivity contribution in [1.82, 2.24) is 0 Å². The first kappa shape index (κ1) is 13.6. The normalized spacial score (nSPS) is 12.0. The van der Waals surface area contributed by atoms with Crippen LogP contribution in [-0.4, -0.2) is 6.21 Å². The zero-order chi connectivity index (χ0) is 13.9. The van der Waals surface area contributed by atoms with Gasteiger partial charge in [-0.25, -0.2) is 0 Å². The van der Waals surface area contributed by atoms with E-state index in [2.05, 4.69) is 4.99 Å². The number of nitrogens with zero attached hydrogens (tertiary/aromatic N) is 1. The van der Waals surface area contributed by atoms with Crippen molar-refractivity contribution < 1.29 is 13.2 Å². The number of aliphatic imine (C=N–C) groups is 1. The Labute approximate surface area is 113 Å². The quantitative estimate of drug-likeness (QED) is 0.679. The molecule has 0 unspecified atom stereocenters. The molecule has 98 valence electrons. The van der Waals surface area contributed by atoms with Crippen molar-refractivity contribution in [3.05, 3.63) is 64.7 Å². The van der Waals surface area contributed by atoms with Crippen LogP contribution in [0.3, 0.4) is 0 Å². The van der Waals surface area contributed by atoms with Crippen LogP contribution < -0.4 is 0 Å². The lowest BCUT2D eigenvalue weighted by atomic mass is 10.2. The molecule has 0 aliphatic carbocycles. The van der Waals surface area contributed by atoms with Gasteiger partial charge in [0.15, 0.2) is 0 Å². The molecule has 5 heteroatoms. The Kier molecular flexibility index (Phi) is 3.90. The van der Waals surface area contributed by atoms with E-state index in [0.717, 1.165) is 11.6 Å². The predicted molar refractivity (Wildman–Crippen MR) is 70.2 cm³/mol. The van der Waals surface area contributed by atoms with Crippen molar-refractivity contribution in [2.45, 2.75) is 6.18 Å². The molecule has 0 bridgehead atoms. The first-order valence-corrected chi connectivity index (χ1v) is 5.80. The standard InChI is InChI=1S/C14H9ClF3N/c15-13-7-6-11(8-12(13)14(16,17)18)19-9-10-4-2-1-3-5-10/h1-9H. The van der Waals surface area contributed by atoms with Crippen LogP contribution in [0.4, 0.5) is 18.9 Å². The van der Waals surface area contributed by atoms with E-state index < -0.39 is 11.7 Å². The van der Waals surface area contributed by atoms with Crippen LogP contribution in [0.5, 0.6) is 0 Å². The molecule has 1 nitrogen and oxygen atoms in total. The molecule has 0 amide bonds. The molecule has 2 aromatic carbocycles. The minimum Gasteiger partial charge on any atom is -0.256 e. The van der Waals surface area contributed by atoms with Gasteiger partial charge in [0, 0.05) is 6.21 Å². The van der Waals surface area contributed by atoms with Crippen molar-refractivity contribution in [2.24, 2.45) is 4.99 Å². The van der Waals surface area contributed by atoms with Gasteiger partial charge in [-0.15, -0.1) is 0 Å². The fourth-order valence-corrected chi connectivity index (χ4v) is 1.72. The zero-order valence-electron chi connectivity index (χ0n) is 9.66. The van der Waals surface area contributed by atoms with Crippen molar-refractivity contribution in [1.29, 1.82) is 0 Å². The van der Waals surface area contributed by atoms with Crippen LogP contribution in [0.1, 0.15) is 11.1 Å². The lowest BCUT2D eigenvalue weighted by Crippen LogP contribution is -2.05. The summed E-state index contributed by atoms with van der Waals surface area (Å²) in [6, 6.07) is 12.7. The molecule has 0 saturated carbocycles. The third-order valence-electron chi connectivity index (χ3n) is 2.42. The second kappa shape index (κ2) is 5.45. The second-order valence-corrected chi connectivity index (χ2v) is 4.24. The van der Waals surface area contributed by atoms with E-state index in [-0.39, 0.29) is 10.7 Å². The number of hydrogen-bond donors (Lipinski definition) is 0. The van der Waals surface area contributed by atoms with Crippen molar-refractivity contribution in [3.63, 3.8) is 0 Å². The number of alkyl halides is 3. The summed E-state index contributed by atoms with van der Waals surface area (Å²) in [5.74, 6) is 0. The highest BCUT2D eigenvalue weighted by Crippen LogP contribution is 2.36. The fraction of sp³-hybridized carbons (Fsp3) is 0.0714. The lowest BCUT2D eigenvalue weighted by molar-refractivity contribution is -0.137. The molecule has 0 spiro atoms. The lowest BCUT2D eigenvalue weighted by Gasteiger charge is -2.08. The Morgan fingerprint density at radius 3 is 2.32 bits per heavy atom. The first-order chi connectivity index (χ1) is 8.97. The van der Waals surface area contributed by atoms with Gasteiger partial charge in [-0.2, -0.15) is 13.2 Å². The van der Waals surface area contributed by atoms with Gasteiger partial charge in [0.05, 0.1) is 16.3 Å². The third-order valence-corrected chi connectivity index (χ3v) is 2.75. The Bertz CT molecular complexity index is 591. The molecule has 0 heterocycles. The van der Waals surface area contributed by atoms with Gasteiger partial charge in [-0.1, -0.05) is 41.9 Å². The maximum atomic E-state index is 12.7. The fourth-order valence-electron chi connectivity index (χ4n) is 1.50. The topological polar surface area (TPSA) is 12.4 Å². The summed E-state index contributed by atoms with van der Waals surface area (Å²) in [5, 5.41) is -0.328. The minimum absolute atomic E-state index is 0.209. The summed E-state index contributed by atoms with van der Waals surface area (Å²) in [6.45, 7) is 0. The van der Waals surface area contributed by atoms with Gasteiger partial charge in [-0.05, 0) is 23.8 Å². The largest absolute Gasteiger partial charge is 0.417 e. The summed E-state index contributed by atoms with van der Waals surface area (Å²) < 4.78 is 38.0. The monoisotopic (exact) mass is 283 g/mol. The van der Waals surface area contributed by atoms with Crippen LogP contribution >= 0.6 is 11.6 Å². The van der Waals surface area contributed by atoms with E-state index in [1.165, 1.54) is 18.3 Å². The minimum atomic E-state index is -4.48. The highest BCUT2D eigenvalue weighted by molar-refractivity contribution is 6.31. The van der Waals surface area contributed by atoms with E-state index in [0.29, 0.717) is 0 Å². The summed E-state index contributed by atoms with van der Waals surface area (Å²) in [4.78, 5) is 4.01. The van der Waals surface area contributed by atoms with Crippen molar-refractivity contribution in [2.75, 3.05) is 0 Å². The first-order valence-electron chi connectivity index (χ1n) is 5.43. The van der Waals surface area contributed by atoms with Gasteiger partial charge in [0.1, 0.15) is 0 Å². The molecule has 0 aliphatic heterocycles. The number of hydrogen-bond acceptors (Lipinski definition) is 1. The maximum absolute atomic E-state index is 12.7. The van der Waals surface area contributed by atoms with E-state index in [1.807, 2.05) is 30.3 Å². The molecule has 0 saturated heterocycles. The molecule has 19 heavy (non-hydrogen) atoms. The molecular weight excluding hydrogens is 275 g/mol. The smallest absolute Gasteiger partial charge is 0.256 e. The summed E-state index contributed by atoms with van der Waals surface area (Å²) in [6.07, 6.45) is -2.97. The Hall–Kier alpha value is -1.81. The molecule has 0 radical (unpaired) electrons. The summed E-state index contributed by atoms with van der Waals surface area (Å²) >= 11 is 5.53. The molecule has 0 aliphatic rings. The Balaban J connectivity index is 2.30. The van der Waals surface area contributed by atoms with E-state index in [9.17, 15) is 13.2 Å². The van der Waals surface area contributed by atoms with Gasteiger partial charge in [0.2, 0.25) is 0 Å². The van der Waals surface area contributed by atoms with Crippen LogP contribution in [0.2, 0.25) is 5.02 Å². The van der Waals surface area contributed by atoms with Crippen molar-refractivity contribution in [3.8, 4) is 0 Å². The molecule has 0 atom stereocenters. The SMILES string of the molecule is FC(F)(F)c1cc(N=Cc2ccccc2)ccc1Cl. The van der Waals surface area contributed by atoms with Gasteiger partial charge in [0.25, 0.3) is 0 Å². The summed E-state index contributed by atoms with van der Waals surface area (Å²) in [7, 11) is 0.